The van der Waals surface area contributed by atoms with Gasteiger partial charge in [0.2, 0.25) is 0 Å². The van der Waals surface area contributed by atoms with Crippen molar-refractivity contribution >= 4 is 27.8 Å². The Morgan fingerprint density at radius 1 is 0.293 bits per heavy atom. The highest BCUT2D eigenvalue weighted by atomic mass is 15.1. The fourth-order valence-electron chi connectivity index (χ4n) is 5.56. The predicted molar refractivity (Wildman–Crippen MR) is 175 cm³/mol. The average molecular weight is 524 g/mol. The number of hydrogen-bond donors (Lipinski definition) is 0. The summed E-state index contributed by atoms with van der Waals surface area (Å²) in [4.78, 5) is 2.36. The molecule has 0 unspecified atom stereocenters. The summed E-state index contributed by atoms with van der Waals surface area (Å²) >= 11 is 0. The summed E-state index contributed by atoms with van der Waals surface area (Å²) in [5.41, 5.74) is 10.6. The van der Waals surface area contributed by atoms with E-state index in [9.17, 15) is 0 Å². The summed E-state index contributed by atoms with van der Waals surface area (Å²) in [6, 6.07) is 62.8. The summed E-state index contributed by atoms with van der Waals surface area (Å²) in [7, 11) is 0. The molecule has 0 bridgehead atoms. The molecule has 0 saturated heterocycles. The van der Waals surface area contributed by atoms with Crippen LogP contribution < -0.4 is 4.90 Å². The van der Waals surface area contributed by atoms with Gasteiger partial charge < -0.3 is 4.90 Å². The lowest BCUT2D eigenvalue weighted by atomic mass is 9.99. The Morgan fingerprint density at radius 3 is 1.41 bits per heavy atom. The minimum atomic E-state index is 1.12. The first kappa shape index (κ1) is 24.6. The van der Waals surface area contributed by atoms with E-state index in [-0.39, 0.29) is 0 Å². The van der Waals surface area contributed by atoms with Crippen LogP contribution in [0.1, 0.15) is 0 Å². The number of benzene rings is 7. The molecule has 0 N–H and O–H groups in total. The molecular weight excluding hydrogens is 494 g/mol. The molecule has 0 amide bonds. The standard InChI is InChI=1S/C40H29N/c1-3-11-30(12-4-1)32-21-25-37(26-22-32)41(40-18-10-9-17-39(40)34-14-5-2-6-15-34)38-27-23-33(24-28-38)36-20-19-31-13-7-8-16-35(31)29-36/h1-29H. The zero-order valence-corrected chi connectivity index (χ0v) is 22.7. The predicted octanol–water partition coefficient (Wildman–Crippen LogP) is 11.3. The molecule has 0 aliphatic heterocycles. The van der Waals surface area contributed by atoms with Crippen molar-refractivity contribution in [2.24, 2.45) is 0 Å². The maximum absolute atomic E-state index is 2.36. The van der Waals surface area contributed by atoms with Gasteiger partial charge in [-0.15, -0.1) is 0 Å². The van der Waals surface area contributed by atoms with E-state index in [0.29, 0.717) is 0 Å². The van der Waals surface area contributed by atoms with E-state index in [1.54, 1.807) is 0 Å². The van der Waals surface area contributed by atoms with Gasteiger partial charge in [0.05, 0.1) is 5.69 Å². The number of rotatable bonds is 6. The first-order valence-electron chi connectivity index (χ1n) is 14.0. The maximum Gasteiger partial charge on any atom is 0.0540 e. The lowest BCUT2D eigenvalue weighted by Crippen LogP contribution is -2.11. The molecule has 0 aromatic heterocycles. The highest BCUT2D eigenvalue weighted by Crippen LogP contribution is 2.41. The Morgan fingerprint density at radius 2 is 0.756 bits per heavy atom. The van der Waals surface area contributed by atoms with Gasteiger partial charge in [-0.25, -0.2) is 0 Å². The van der Waals surface area contributed by atoms with Crippen LogP contribution in [0.4, 0.5) is 17.1 Å². The summed E-state index contributed by atoms with van der Waals surface area (Å²) < 4.78 is 0. The molecule has 0 fully saturated rings. The quantitative estimate of drug-likeness (QED) is 0.209. The molecule has 7 rings (SSSR count). The molecule has 0 heterocycles. The second kappa shape index (κ2) is 11.0. The van der Waals surface area contributed by atoms with Crippen molar-refractivity contribution in [3.05, 3.63) is 176 Å². The third-order valence-electron chi connectivity index (χ3n) is 7.67. The molecule has 1 nitrogen and oxygen atoms in total. The second-order valence-electron chi connectivity index (χ2n) is 10.2. The normalized spacial score (nSPS) is 10.9. The lowest BCUT2D eigenvalue weighted by Gasteiger charge is -2.28. The largest absolute Gasteiger partial charge is 0.310 e. The third kappa shape index (κ3) is 5.02. The average Bonchev–Trinajstić information content (AvgIpc) is 3.06. The fraction of sp³-hybridized carbons (Fsp3) is 0. The van der Waals surface area contributed by atoms with E-state index in [2.05, 4.69) is 181 Å². The number of para-hydroxylation sites is 1. The van der Waals surface area contributed by atoms with Gasteiger partial charge in [0.25, 0.3) is 0 Å². The zero-order chi connectivity index (χ0) is 27.4. The van der Waals surface area contributed by atoms with E-state index < -0.39 is 0 Å². The molecular formula is C40H29N. The minimum Gasteiger partial charge on any atom is -0.310 e. The summed E-state index contributed by atoms with van der Waals surface area (Å²) in [5, 5.41) is 2.52. The molecule has 0 atom stereocenters. The van der Waals surface area contributed by atoms with Crippen molar-refractivity contribution in [2.45, 2.75) is 0 Å². The second-order valence-corrected chi connectivity index (χ2v) is 10.2. The molecule has 7 aromatic rings. The molecule has 7 aromatic carbocycles. The van der Waals surface area contributed by atoms with Crippen molar-refractivity contribution in [1.29, 1.82) is 0 Å². The van der Waals surface area contributed by atoms with Crippen LogP contribution in [0.15, 0.2) is 176 Å². The topological polar surface area (TPSA) is 3.24 Å². The number of fused-ring (bicyclic) bond motifs is 1. The third-order valence-corrected chi connectivity index (χ3v) is 7.67. The maximum atomic E-state index is 2.36. The SMILES string of the molecule is c1ccc(-c2ccc(N(c3ccc(-c4ccc5ccccc5c4)cc3)c3ccccc3-c3ccccc3)cc2)cc1. The van der Waals surface area contributed by atoms with E-state index in [1.807, 2.05) is 0 Å². The van der Waals surface area contributed by atoms with Crippen LogP contribution in [0.2, 0.25) is 0 Å². The van der Waals surface area contributed by atoms with Crippen molar-refractivity contribution in [1.82, 2.24) is 0 Å². The van der Waals surface area contributed by atoms with Gasteiger partial charge >= 0.3 is 0 Å². The van der Waals surface area contributed by atoms with Gasteiger partial charge in [-0.05, 0) is 75.0 Å². The van der Waals surface area contributed by atoms with E-state index in [4.69, 9.17) is 0 Å². The summed E-state index contributed by atoms with van der Waals surface area (Å²) in [6.07, 6.45) is 0. The van der Waals surface area contributed by atoms with Crippen LogP contribution in [0, 0.1) is 0 Å². The molecule has 0 spiro atoms. The molecule has 0 radical (unpaired) electrons. The van der Waals surface area contributed by atoms with E-state index in [1.165, 1.54) is 44.2 Å². The van der Waals surface area contributed by atoms with Crippen LogP contribution in [0.25, 0.3) is 44.2 Å². The fourth-order valence-corrected chi connectivity index (χ4v) is 5.56. The van der Waals surface area contributed by atoms with Crippen LogP contribution in [-0.2, 0) is 0 Å². The van der Waals surface area contributed by atoms with Crippen LogP contribution >= 0.6 is 0 Å². The molecule has 194 valence electrons. The monoisotopic (exact) mass is 523 g/mol. The Balaban J connectivity index is 1.33. The van der Waals surface area contributed by atoms with Crippen molar-refractivity contribution < 1.29 is 0 Å². The van der Waals surface area contributed by atoms with Gasteiger partial charge in [-0.2, -0.15) is 0 Å². The molecule has 0 aliphatic rings. The molecule has 0 aliphatic carbocycles. The Bertz CT molecular complexity index is 1910. The highest BCUT2D eigenvalue weighted by molar-refractivity contribution is 5.90. The first-order valence-corrected chi connectivity index (χ1v) is 14.0. The molecule has 41 heavy (non-hydrogen) atoms. The molecule has 0 saturated carbocycles. The van der Waals surface area contributed by atoms with Gasteiger partial charge in [-0.3, -0.25) is 0 Å². The van der Waals surface area contributed by atoms with Crippen molar-refractivity contribution in [3.8, 4) is 33.4 Å². The first-order chi connectivity index (χ1) is 20.3. The minimum absolute atomic E-state index is 1.12. The van der Waals surface area contributed by atoms with Crippen LogP contribution in [-0.4, -0.2) is 0 Å². The van der Waals surface area contributed by atoms with E-state index in [0.717, 1.165) is 17.1 Å². The zero-order valence-electron chi connectivity index (χ0n) is 22.7. The van der Waals surface area contributed by atoms with Gasteiger partial charge in [-0.1, -0.05) is 140 Å². The number of hydrogen-bond acceptors (Lipinski definition) is 1. The Kier molecular flexibility index (Phi) is 6.61. The Hall–Kier alpha value is -5.40. The van der Waals surface area contributed by atoms with E-state index >= 15 is 0 Å². The van der Waals surface area contributed by atoms with Crippen molar-refractivity contribution in [3.63, 3.8) is 0 Å². The Labute approximate surface area is 241 Å². The lowest BCUT2D eigenvalue weighted by molar-refractivity contribution is 1.28. The molecule has 1 heteroatoms. The van der Waals surface area contributed by atoms with Crippen LogP contribution in [0.5, 0.6) is 0 Å². The number of anilines is 3. The van der Waals surface area contributed by atoms with Gasteiger partial charge in [0.15, 0.2) is 0 Å². The smallest absolute Gasteiger partial charge is 0.0540 e. The van der Waals surface area contributed by atoms with Gasteiger partial charge in [0, 0.05) is 16.9 Å². The highest BCUT2D eigenvalue weighted by Gasteiger charge is 2.17. The van der Waals surface area contributed by atoms with Gasteiger partial charge in [0.1, 0.15) is 0 Å². The van der Waals surface area contributed by atoms with Crippen LogP contribution in [0.3, 0.4) is 0 Å². The summed E-state index contributed by atoms with van der Waals surface area (Å²) in [6.45, 7) is 0. The summed E-state index contributed by atoms with van der Waals surface area (Å²) in [5.74, 6) is 0. The van der Waals surface area contributed by atoms with Crippen molar-refractivity contribution in [2.75, 3.05) is 4.90 Å². The number of nitrogens with zero attached hydrogens (tertiary/aromatic N) is 1.